The number of aromatic amines is 1. The lowest BCUT2D eigenvalue weighted by atomic mass is 9.83. The summed E-state index contributed by atoms with van der Waals surface area (Å²) in [6, 6.07) is 15.9. The van der Waals surface area contributed by atoms with Crippen LogP contribution in [0.4, 0.5) is 0 Å². The van der Waals surface area contributed by atoms with Gasteiger partial charge in [0.1, 0.15) is 5.75 Å². The van der Waals surface area contributed by atoms with Crippen molar-refractivity contribution in [3.63, 3.8) is 0 Å². The summed E-state index contributed by atoms with van der Waals surface area (Å²) in [6.45, 7) is 4.44. The predicted molar refractivity (Wildman–Crippen MR) is 101 cm³/mol. The van der Waals surface area contributed by atoms with E-state index in [0.717, 1.165) is 23.3 Å². The van der Waals surface area contributed by atoms with E-state index >= 15 is 0 Å². The average molecular weight is 336 g/mol. The molecule has 0 aliphatic heterocycles. The molecule has 130 valence electrons. The van der Waals surface area contributed by atoms with E-state index in [2.05, 4.69) is 22.4 Å². The van der Waals surface area contributed by atoms with E-state index in [9.17, 15) is 4.79 Å². The van der Waals surface area contributed by atoms with Gasteiger partial charge in [-0.25, -0.2) is 0 Å². The number of hydrogen-bond donors (Lipinski definition) is 2. The van der Waals surface area contributed by atoms with Crippen LogP contribution < -0.4 is 10.1 Å². The number of carbonyl (C=O) groups is 1. The lowest BCUT2D eigenvalue weighted by molar-refractivity contribution is -0.125. The molecule has 3 rings (SSSR count). The van der Waals surface area contributed by atoms with E-state index in [0.29, 0.717) is 6.54 Å². The number of para-hydroxylation sites is 2. The fourth-order valence-electron chi connectivity index (χ4n) is 3.15. The van der Waals surface area contributed by atoms with Crippen molar-refractivity contribution in [2.45, 2.75) is 25.7 Å². The van der Waals surface area contributed by atoms with Gasteiger partial charge in [0.2, 0.25) is 5.91 Å². The molecule has 3 aromatic rings. The fourth-order valence-corrected chi connectivity index (χ4v) is 3.15. The number of hydrogen-bond acceptors (Lipinski definition) is 2. The quantitative estimate of drug-likeness (QED) is 0.719. The van der Waals surface area contributed by atoms with Crippen LogP contribution >= 0.6 is 0 Å². The largest absolute Gasteiger partial charge is 0.496 e. The van der Waals surface area contributed by atoms with Gasteiger partial charge < -0.3 is 15.0 Å². The van der Waals surface area contributed by atoms with E-state index in [1.165, 1.54) is 10.9 Å². The average Bonchev–Trinajstić information content (AvgIpc) is 3.05. The third kappa shape index (κ3) is 3.38. The second kappa shape index (κ2) is 7.01. The van der Waals surface area contributed by atoms with Gasteiger partial charge in [-0.05, 0) is 38.0 Å². The zero-order chi connectivity index (χ0) is 17.9. The highest BCUT2D eigenvalue weighted by atomic mass is 16.5. The summed E-state index contributed by atoms with van der Waals surface area (Å²) in [4.78, 5) is 16.0. The molecule has 0 spiro atoms. The number of fused-ring (bicyclic) bond motifs is 1. The van der Waals surface area contributed by atoms with Crippen molar-refractivity contribution in [3.05, 3.63) is 65.9 Å². The van der Waals surface area contributed by atoms with Crippen molar-refractivity contribution in [2.75, 3.05) is 13.7 Å². The summed E-state index contributed by atoms with van der Waals surface area (Å²) < 4.78 is 5.41. The Kier molecular flexibility index (Phi) is 4.79. The van der Waals surface area contributed by atoms with Crippen LogP contribution in [0.3, 0.4) is 0 Å². The van der Waals surface area contributed by atoms with Crippen LogP contribution in [0.15, 0.2) is 54.7 Å². The van der Waals surface area contributed by atoms with Crippen molar-refractivity contribution < 1.29 is 9.53 Å². The Labute approximate surface area is 148 Å². The molecule has 4 heteroatoms. The molecule has 4 nitrogen and oxygen atoms in total. The Morgan fingerprint density at radius 1 is 1.12 bits per heavy atom. The van der Waals surface area contributed by atoms with Crippen molar-refractivity contribution in [1.29, 1.82) is 0 Å². The Hall–Kier alpha value is -2.75. The van der Waals surface area contributed by atoms with Crippen molar-refractivity contribution in [3.8, 4) is 5.75 Å². The highest BCUT2D eigenvalue weighted by Crippen LogP contribution is 2.31. The zero-order valence-electron chi connectivity index (χ0n) is 14.9. The smallest absolute Gasteiger partial charge is 0.230 e. The third-order valence-corrected chi connectivity index (χ3v) is 4.70. The van der Waals surface area contributed by atoms with E-state index in [4.69, 9.17) is 4.74 Å². The number of carbonyl (C=O) groups excluding carboxylic acids is 1. The maximum absolute atomic E-state index is 12.8. The second-order valence-electron chi connectivity index (χ2n) is 6.69. The molecule has 25 heavy (non-hydrogen) atoms. The maximum Gasteiger partial charge on any atom is 0.230 e. The number of methoxy groups -OCH3 is 1. The normalized spacial score (nSPS) is 11.5. The van der Waals surface area contributed by atoms with Gasteiger partial charge in [-0.2, -0.15) is 0 Å². The summed E-state index contributed by atoms with van der Waals surface area (Å²) in [7, 11) is 1.63. The molecular weight excluding hydrogens is 312 g/mol. The highest BCUT2D eigenvalue weighted by Gasteiger charge is 2.32. The minimum atomic E-state index is -0.660. The number of rotatable bonds is 6. The summed E-state index contributed by atoms with van der Waals surface area (Å²) in [5.41, 5.74) is 2.57. The minimum absolute atomic E-state index is 0.00292. The zero-order valence-corrected chi connectivity index (χ0v) is 14.9. The molecular formula is C21H24N2O2. The standard InChI is InChI=1S/C21H24N2O2/c1-21(2,17-9-5-7-11-19(17)25-3)20(24)22-13-12-15-14-23-18-10-6-4-8-16(15)18/h4-11,14,23H,12-13H2,1-3H3,(H,22,24). The van der Waals surface area contributed by atoms with Gasteiger partial charge >= 0.3 is 0 Å². The predicted octanol–water partition coefficient (Wildman–Crippen LogP) is 3.81. The molecule has 0 unspecified atom stereocenters. The topological polar surface area (TPSA) is 54.1 Å². The Balaban J connectivity index is 1.67. The van der Waals surface area contributed by atoms with Gasteiger partial charge in [0.05, 0.1) is 12.5 Å². The van der Waals surface area contributed by atoms with Gasteiger partial charge in [-0.15, -0.1) is 0 Å². The van der Waals surface area contributed by atoms with Gasteiger partial charge in [-0.3, -0.25) is 4.79 Å². The van der Waals surface area contributed by atoms with Gasteiger partial charge in [0.15, 0.2) is 0 Å². The number of ether oxygens (including phenoxy) is 1. The van der Waals surface area contributed by atoms with Crippen LogP contribution in [0.25, 0.3) is 10.9 Å². The second-order valence-corrected chi connectivity index (χ2v) is 6.69. The summed E-state index contributed by atoms with van der Waals surface area (Å²) in [5, 5.41) is 4.28. The van der Waals surface area contributed by atoms with E-state index in [-0.39, 0.29) is 5.91 Å². The Bertz CT molecular complexity index is 880. The van der Waals surface area contributed by atoms with E-state index in [1.807, 2.05) is 56.4 Å². The van der Waals surface area contributed by atoms with Crippen LogP contribution in [0.2, 0.25) is 0 Å². The first kappa shape index (κ1) is 17.1. The van der Waals surface area contributed by atoms with Gasteiger partial charge in [-0.1, -0.05) is 36.4 Å². The number of benzene rings is 2. The molecule has 0 aliphatic rings. The van der Waals surface area contributed by atoms with Crippen molar-refractivity contribution in [1.82, 2.24) is 10.3 Å². The molecule has 0 atom stereocenters. The van der Waals surface area contributed by atoms with Crippen molar-refractivity contribution in [2.24, 2.45) is 0 Å². The van der Waals surface area contributed by atoms with E-state index in [1.54, 1.807) is 7.11 Å². The number of nitrogens with one attached hydrogen (secondary N) is 2. The number of amides is 1. The molecule has 0 fully saturated rings. The van der Waals surface area contributed by atoms with Crippen LogP contribution in [0.1, 0.15) is 25.0 Å². The molecule has 1 amide bonds. The highest BCUT2D eigenvalue weighted by molar-refractivity contribution is 5.88. The maximum atomic E-state index is 12.8. The lowest BCUT2D eigenvalue weighted by Gasteiger charge is -2.26. The molecule has 1 heterocycles. The van der Waals surface area contributed by atoms with Gasteiger partial charge in [0.25, 0.3) is 0 Å². The van der Waals surface area contributed by atoms with Crippen LogP contribution in [-0.2, 0) is 16.6 Å². The molecule has 2 N–H and O–H groups in total. The molecule has 0 bridgehead atoms. The minimum Gasteiger partial charge on any atom is -0.496 e. The Morgan fingerprint density at radius 3 is 2.64 bits per heavy atom. The van der Waals surface area contributed by atoms with Crippen LogP contribution in [-0.4, -0.2) is 24.5 Å². The van der Waals surface area contributed by atoms with Crippen LogP contribution in [0, 0.1) is 0 Å². The summed E-state index contributed by atoms with van der Waals surface area (Å²) in [6.07, 6.45) is 2.81. The van der Waals surface area contributed by atoms with E-state index < -0.39 is 5.41 Å². The molecule has 1 aromatic heterocycles. The summed E-state index contributed by atoms with van der Waals surface area (Å²) >= 11 is 0. The molecule has 2 aromatic carbocycles. The Morgan fingerprint density at radius 2 is 1.84 bits per heavy atom. The SMILES string of the molecule is COc1ccccc1C(C)(C)C(=O)NCCc1c[nH]c2ccccc12. The lowest BCUT2D eigenvalue weighted by Crippen LogP contribution is -2.41. The van der Waals surface area contributed by atoms with Crippen LogP contribution in [0.5, 0.6) is 5.75 Å². The third-order valence-electron chi connectivity index (χ3n) is 4.70. The first-order chi connectivity index (χ1) is 12.0. The monoisotopic (exact) mass is 336 g/mol. The first-order valence-corrected chi connectivity index (χ1v) is 8.51. The first-order valence-electron chi connectivity index (χ1n) is 8.51. The van der Waals surface area contributed by atoms with Gasteiger partial charge in [0, 0.05) is 29.2 Å². The summed E-state index contributed by atoms with van der Waals surface area (Å²) in [5.74, 6) is 0.733. The molecule has 0 radical (unpaired) electrons. The number of H-pyrrole nitrogens is 1. The fraction of sp³-hybridized carbons (Fsp3) is 0.286. The molecule has 0 aliphatic carbocycles. The molecule has 0 saturated carbocycles. The van der Waals surface area contributed by atoms with Crippen molar-refractivity contribution >= 4 is 16.8 Å². The number of aromatic nitrogens is 1. The molecule has 0 saturated heterocycles.